The topological polar surface area (TPSA) is 23.5 Å². The van der Waals surface area contributed by atoms with Gasteiger partial charge in [0.25, 0.3) is 0 Å². The highest BCUT2D eigenvalue weighted by molar-refractivity contribution is 4.87. The van der Waals surface area contributed by atoms with Gasteiger partial charge in [0.15, 0.2) is 0 Å². The van der Waals surface area contributed by atoms with E-state index in [9.17, 15) is 5.11 Å². The van der Waals surface area contributed by atoms with Crippen molar-refractivity contribution in [2.75, 3.05) is 13.6 Å². The lowest BCUT2D eigenvalue weighted by molar-refractivity contribution is 0.000796. The van der Waals surface area contributed by atoms with Gasteiger partial charge in [0.05, 0.1) is 6.10 Å². The molecular formula is C17H35NO. The van der Waals surface area contributed by atoms with Gasteiger partial charge in [-0.05, 0) is 56.4 Å². The minimum atomic E-state index is -0.0876. The number of aliphatic hydroxyl groups excluding tert-OH is 1. The maximum Gasteiger partial charge on any atom is 0.0580 e. The average molecular weight is 269 g/mol. The minimum Gasteiger partial charge on any atom is -0.393 e. The zero-order valence-corrected chi connectivity index (χ0v) is 13.9. The van der Waals surface area contributed by atoms with E-state index < -0.39 is 0 Å². The zero-order valence-electron chi connectivity index (χ0n) is 13.9. The smallest absolute Gasteiger partial charge is 0.0580 e. The number of nitrogens with zero attached hydrogens (tertiary/aromatic N) is 1. The Bertz CT molecular complexity index is 254. The molecule has 1 aliphatic rings. The van der Waals surface area contributed by atoms with Gasteiger partial charge in [0.1, 0.15) is 0 Å². The van der Waals surface area contributed by atoms with Gasteiger partial charge in [-0.3, -0.25) is 0 Å². The van der Waals surface area contributed by atoms with Gasteiger partial charge < -0.3 is 10.0 Å². The van der Waals surface area contributed by atoms with Gasteiger partial charge in [0, 0.05) is 12.6 Å². The predicted octanol–water partition coefficient (Wildman–Crippen LogP) is 3.93. The molecule has 1 N–H and O–H groups in total. The Kier molecular flexibility index (Phi) is 6.32. The van der Waals surface area contributed by atoms with Crippen LogP contribution in [0.2, 0.25) is 0 Å². The lowest BCUT2D eigenvalue weighted by Crippen LogP contribution is -2.43. The van der Waals surface area contributed by atoms with Gasteiger partial charge in [-0.1, -0.05) is 34.6 Å². The summed E-state index contributed by atoms with van der Waals surface area (Å²) in [5, 5.41) is 10.3. The average Bonchev–Trinajstić information content (AvgIpc) is 2.32. The summed E-state index contributed by atoms with van der Waals surface area (Å²) in [7, 11) is 2.23. The monoisotopic (exact) mass is 269 g/mol. The number of rotatable bonds is 5. The lowest BCUT2D eigenvalue weighted by Gasteiger charge is -2.42. The molecule has 3 unspecified atom stereocenters. The largest absolute Gasteiger partial charge is 0.393 e. The maximum atomic E-state index is 10.3. The highest BCUT2D eigenvalue weighted by Crippen LogP contribution is 2.40. The second-order valence-corrected chi connectivity index (χ2v) is 7.61. The molecule has 0 aromatic carbocycles. The molecule has 0 heterocycles. The standard InChI is InChI=1S/C17H35NO/c1-7-15(8-2)18(6)12-13-11-14(17(3,4)5)9-10-16(13)19/h13-16,19H,7-12H2,1-6H3. The molecule has 19 heavy (non-hydrogen) atoms. The highest BCUT2D eigenvalue weighted by Gasteiger charge is 2.35. The summed E-state index contributed by atoms with van der Waals surface area (Å²) in [6.07, 6.45) is 5.70. The molecule has 0 spiro atoms. The maximum absolute atomic E-state index is 10.3. The molecule has 0 radical (unpaired) electrons. The van der Waals surface area contributed by atoms with Crippen LogP contribution in [0.1, 0.15) is 66.7 Å². The van der Waals surface area contributed by atoms with Crippen LogP contribution in [0.15, 0.2) is 0 Å². The first-order valence-electron chi connectivity index (χ1n) is 8.17. The molecule has 0 aliphatic heterocycles. The van der Waals surface area contributed by atoms with Crippen LogP contribution < -0.4 is 0 Å². The van der Waals surface area contributed by atoms with E-state index in [2.05, 4.69) is 46.6 Å². The van der Waals surface area contributed by atoms with Gasteiger partial charge in [-0.25, -0.2) is 0 Å². The second kappa shape index (κ2) is 7.08. The van der Waals surface area contributed by atoms with E-state index in [1.54, 1.807) is 0 Å². The fraction of sp³-hybridized carbons (Fsp3) is 1.00. The van der Waals surface area contributed by atoms with Crippen molar-refractivity contribution >= 4 is 0 Å². The van der Waals surface area contributed by atoms with Crippen LogP contribution in [0.25, 0.3) is 0 Å². The molecular weight excluding hydrogens is 234 g/mol. The van der Waals surface area contributed by atoms with Crippen molar-refractivity contribution in [3.05, 3.63) is 0 Å². The third-order valence-electron chi connectivity index (χ3n) is 5.26. The van der Waals surface area contributed by atoms with Crippen molar-refractivity contribution in [3.63, 3.8) is 0 Å². The molecule has 2 heteroatoms. The van der Waals surface area contributed by atoms with Gasteiger partial charge in [-0.15, -0.1) is 0 Å². The molecule has 0 saturated heterocycles. The SMILES string of the molecule is CCC(CC)N(C)CC1CC(C(C)(C)C)CCC1O. The van der Waals surface area contributed by atoms with Gasteiger partial charge >= 0.3 is 0 Å². The van der Waals surface area contributed by atoms with Crippen molar-refractivity contribution < 1.29 is 5.11 Å². The summed E-state index contributed by atoms with van der Waals surface area (Å²) in [4.78, 5) is 2.47. The fourth-order valence-corrected chi connectivity index (χ4v) is 3.66. The third kappa shape index (κ3) is 4.75. The Hall–Kier alpha value is -0.0800. The number of hydrogen-bond acceptors (Lipinski definition) is 2. The van der Waals surface area contributed by atoms with Crippen molar-refractivity contribution in [2.45, 2.75) is 78.9 Å². The van der Waals surface area contributed by atoms with Crippen LogP contribution >= 0.6 is 0 Å². The van der Waals surface area contributed by atoms with Crippen LogP contribution in [0, 0.1) is 17.3 Å². The summed E-state index contributed by atoms with van der Waals surface area (Å²) in [6.45, 7) is 12.6. The van der Waals surface area contributed by atoms with E-state index in [-0.39, 0.29) is 6.10 Å². The van der Waals surface area contributed by atoms with Crippen molar-refractivity contribution in [2.24, 2.45) is 17.3 Å². The zero-order chi connectivity index (χ0) is 14.6. The summed E-state index contributed by atoms with van der Waals surface area (Å²) in [6, 6.07) is 0.669. The molecule has 3 atom stereocenters. The van der Waals surface area contributed by atoms with Gasteiger partial charge in [-0.2, -0.15) is 0 Å². The molecule has 0 bridgehead atoms. The molecule has 114 valence electrons. The van der Waals surface area contributed by atoms with E-state index in [0.717, 1.165) is 18.9 Å². The van der Waals surface area contributed by atoms with Crippen LogP contribution in [-0.4, -0.2) is 35.7 Å². The molecule has 1 aliphatic carbocycles. The van der Waals surface area contributed by atoms with E-state index in [1.807, 2.05) is 0 Å². The van der Waals surface area contributed by atoms with Crippen molar-refractivity contribution in [3.8, 4) is 0 Å². The summed E-state index contributed by atoms with van der Waals surface area (Å²) in [5.41, 5.74) is 0.381. The summed E-state index contributed by atoms with van der Waals surface area (Å²) < 4.78 is 0. The van der Waals surface area contributed by atoms with Gasteiger partial charge in [0.2, 0.25) is 0 Å². The Morgan fingerprint density at radius 2 is 1.74 bits per heavy atom. The van der Waals surface area contributed by atoms with E-state index >= 15 is 0 Å². The first kappa shape index (κ1) is 17.0. The normalized spacial score (nSPS) is 29.2. The Labute approximate surface area is 120 Å². The molecule has 1 fully saturated rings. The van der Waals surface area contributed by atoms with Crippen LogP contribution in [0.4, 0.5) is 0 Å². The number of aliphatic hydroxyl groups is 1. The molecule has 1 rings (SSSR count). The molecule has 0 aromatic heterocycles. The highest BCUT2D eigenvalue weighted by atomic mass is 16.3. The molecule has 0 amide bonds. The van der Waals surface area contributed by atoms with Crippen LogP contribution in [-0.2, 0) is 0 Å². The molecule has 0 aromatic rings. The Balaban J connectivity index is 2.60. The summed E-state index contributed by atoms with van der Waals surface area (Å²) >= 11 is 0. The van der Waals surface area contributed by atoms with E-state index in [0.29, 0.717) is 17.4 Å². The van der Waals surface area contributed by atoms with E-state index in [1.165, 1.54) is 25.7 Å². The fourth-order valence-electron chi connectivity index (χ4n) is 3.66. The lowest BCUT2D eigenvalue weighted by atomic mass is 9.68. The van der Waals surface area contributed by atoms with Crippen LogP contribution in [0.3, 0.4) is 0 Å². The van der Waals surface area contributed by atoms with Crippen LogP contribution in [0.5, 0.6) is 0 Å². The number of hydrogen-bond donors (Lipinski definition) is 1. The third-order valence-corrected chi connectivity index (χ3v) is 5.26. The Morgan fingerprint density at radius 3 is 2.21 bits per heavy atom. The van der Waals surface area contributed by atoms with Crippen molar-refractivity contribution in [1.82, 2.24) is 4.90 Å². The predicted molar refractivity (Wildman–Crippen MR) is 83.3 cm³/mol. The second-order valence-electron chi connectivity index (χ2n) is 7.61. The Morgan fingerprint density at radius 1 is 1.16 bits per heavy atom. The minimum absolute atomic E-state index is 0.0876. The first-order valence-corrected chi connectivity index (χ1v) is 8.17. The van der Waals surface area contributed by atoms with Crippen molar-refractivity contribution in [1.29, 1.82) is 0 Å². The molecule has 2 nitrogen and oxygen atoms in total. The molecule has 1 saturated carbocycles. The van der Waals surface area contributed by atoms with E-state index in [4.69, 9.17) is 0 Å². The first-order chi connectivity index (χ1) is 8.79. The quantitative estimate of drug-likeness (QED) is 0.817. The summed E-state index contributed by atoms with van der Waals surface area (Å²) in [5.74, 6) is 1.22.